The molecule has 1 N–H and O–H groups in total. The van der Waals surface area contributed by atoms with Crippen LogP contribution in [0.2, 0.25) is 0 Å². The quantitative estimate of drug-likeness (QED) is 0.459. The summed E-state index contributed by atoms with van der Waals surface area (Å²) in [5.74, 6) is 2.14. The van der Waals surface area contributed by atoms with Crippen molar-refractivity contribution in [3.63, 3.8) is 0 Å². The van der Waals surface area contributed by atoms with E-state index in [-0.39, 0.29) is 1.43 Å². The first-order valence-electron chi connectivity index (χ1n) is 12.4. The number of unbranched alkanes of at least 4 members (excludes halogenated alkanes) is 1. The van der Waals surface area contributed by atoms with Crippen molar-refractivity contribution in [2.24, 2.45) is 11.8 Å². The molecule has 2 aromatic rings. The van der Waals surface area contributed by atoms with Gasteiger partial charge in [-0.05, 0) is 73.3 Å². The molecule has 2 aromatic carbocycles. The first kappa shape index (κ1) is 23.0. The number of nitrogens with one attached hydrogen (secondary N) is 1. The topological polar surface area (TPSA) is 21.3 Å². The Kier molecular flexibility index (Phi) is 8.00. The molecule has 0 amide bonds. The molecule has 1 aliphatic heterocycles. The summed E-state index contributed by atoms with van der Waals surface area (Å²) in [7, 11) is 1.79. The Hall–Kier alpha value is -2.16. The Balaban J connectivity index is 0.00000306. The van der Waals surface area contributed by atoms with E-state index < -0.39 is 0 Å². The predicted molar refractivity (Wildman–Crippen MR) is 137 cm³/mol. The molecule has 32 heavy (non-hydrogen) atoms. The van der Waals surface area contributed by atoms with E-state index >= 15 is 0 Å². The lowest BCUT2D eigenvalue weighted by molar-refractivity contribution is 0.193. The Morgan fingerprint density at radius 1 is 1.00 bits per heavy atom. The van der Waals surface area contributed by atoms with Gasteiger partial charge >= 0.3 is 0 Å². The molecule has 0 spiro atoms. The van der Waals surface area contributed by atoms with Gasteiger partial charge in [-0.15, -0.1) is 0 Å². The van der Waals surface area contributed by atoms with Gasteiger partial charge in [0.1, 0.15) is 0 Å². The molecule has 1 fully saturated rings. The monoisotopic (exact) mass is 431 g/mol. The highest BCUT2D eigenvalue weighted by Crippen LogP contribution is 2.44. The van der Waals surface area contributed by atoms with Crippen molar-refractivity contribution >= 4 is 0 Å². The van der Waals surface area contributed by atoms with Crippen molar-refractivity contribution in [3.05, 3.63) is 94.6 Å². The van der Waals surface area contributed by atoms with Crippen molar-refractivity contribution in [2.45, 2.75) is 51.4 Å². The molecular formula is C30H41NO. The molecule has 2 heteroatoms. The van der Waals surface area contributed by atoms with Gasteiger partial charge in [-0.1, -0.05) is 79.2 Å². The van der Waals surface area contributed by atoms with E-state index in [0.29, 0.717) is 23.7 Å². The molecule has 1 saturated heterocycles. The highest BCUT2D eigenvalue weighted by molar-refractivity contribution is 5.44. The summed E-state index contributed by atoms with van der Waals surface area (Å²) in [6.45, 7) is 7.85. The van der Waals surface area contributed by atoms with Crippen molar-refractivity contribution in [1.82, 2.24) is 5.32 Å². The number of ether oxygens (including phenoxy) is 1. The van der Waals surface area contributed by atoms with Crippen molar-refractivity contribution < 1.29 is 6.16 Å². The molecule has 0 aromatic heterocycles. The number of piperidine rings is 1. The molecule has 1 aliphatic carbocycles. The van der Waals surface area contributed by atoms with Crippen molar-refractivity contribution in [2.75, 3.05) is 26.8 Å². The highest BCUT2D eigenvalue weighted by atomic mass is 16.5. The molecule has 0 radical (unpaired) electrons. The number of hydrogen-bond donors (Lipinski definition) is 1. The van der Waals surface area contributed by atoms with Crippen LogP contribution in [0.25, 0.3) is 0 Å². The summed E-state index contributed by atoms with van der Waals surface area (Å²) in [5.41, 5.74) is 7.63. The van der Waals surface area contributed by atoms with Gasteiger partial charge in [0, 0.05) is 33.5 Å². The average Bonchev–Trinajstić information content (AvgIpc) is 2.84. The lowest BCUT2D eigenvalue weighted by Gasteiger charge is -2.38. The fraction of sp³-hybridized carbons (Fsp3) is 0.467. The van der Waals surface area contributed by atoms with Crippen molar-refractivity contribution in [1.29, 1.82) is 0 Å². The number of benzene rings is 2. The van der Waals surface area contributed by atoms with Crippen LogP contribution >= 0.6 is 0 Å². The van der Waals surface area contributed by atoms with E-state index in [1.807, 2.05) is 0 Å². The standard InChI is InChI=1S/C30H39NO.H2/c1-22-23(2)27(30-21-31-19-18-29(30)25-11-5-4-6-12-25)17-16-26(22)28-15-8-7-13-24(28)14-9-10-20-32-3;/h4-8,11-13,15-17,22,26,29-31H,9-10,14,18-21H2,1-3H3;1H/t22?,26?,29-,30-;/m1./s1. The zero-order chi connectivity index (χ0) is 22.3. The van der Waals surface area contributed by atoms with Crippen LogP contribution in [0, 0.1) is 11.8 Å². The van der Waals surface area contributed by atoms with Crippen LogP contribution in [-0.4, -0.2) is 26.8 Å². The van der Waals surface area contributed by atoms with Gasteiger partial charge in [0.2, 0.25) is 0 Å². The fourth-order valence-electron chi connectivity index (χ4n) is 5.76. The third-order valence-corrected chi connectivity index (χ3v) is 7.73. The summed E-state index contributed by atoms with van der Waals surface area (Å²) in [4.78, 5) is 0. The molecule has 4 rings (SSSR count). The van der Waals surface area contributed by atoms with E-state index in [1.54, 1.807) is 18.3 Å². The first-order chi connectivity index (χ1) is 15.7. The van der Waals surface area contributed by atoms with E-state index in [1.165, 1.54) is 29.5 Å². The Morgan fingerprint density at radius 2 is 1.78 bits per heavy atom. The Labute approximate surface area is 196 Å². The zero-order valence-electron chi connectivity index (χ0n) is 20.0. The average molecular weight is 432 g/mol. The van der Waals surface area contributed by atoms with Crippen LogP contribution in [0.3, 0.4) is 0 Å². The molecule has 0 saturated carbocycles. The zero-order valence-corrected chi connectivity index (χ0v) is 20.0. The number of aryl methyl sites for hydroxylation is 1. The SMILES string of the molecule is COCCCCc1ccccc1C1C=CC([C@H]2CNCC[C@@H]2c2ccccc2)=C(C)C1C.[HH]. The Morgan fingerprint density at radius 3 is 2.59 bits per heavy atom. The van der Waals surface area contributed by atoms with E-state index in [4.69, 9.17) is 4.74 Å². The second-order valence-electron chi connectivity index (χ2n) is 9.58. The first-order valence-corrected chi connectivity index (χ1v) is 12.4. The summed E-state index contributed by atoms with van der Waals surface area (Å²) < 4.78 is 5.25. The van der Waals surface area contributed by atoms with Gasteiger partial charge in [0.15, 0.2) is 0 Å². The second kappa shape index (κ2) is 11.1. The van der Waals surface area contributed by atoms with Crippen LogP contribution in [0.15, 0.2) is 77.9 Å². The fourth-order valence-corrected chi connectivity index (χ4v) is 5.76. The normalized spacial score (nSPS) is 25.8. The summed E-state index contributed by atoms with van der Waals surface area (Å²) >= 11 is 0. The molecule has 0 bridgehead atoms. The number of hydrogen-bond acceptors (Lipinski definition) is 2. The van der Waals surface area contributed by atoms with Gasteiger partial charge < -0.3 is 10.1 Å². The van der Waals surface area contributed by atoms with Gasteiger partial charge in [-0.2, -0.15) is 0 Å². The Bertz CT molecular complexity index is 935. The molecule has 172 valence electrons. The van der Waals surface area contributed by atoms with Crippen LogP contribution in [-0.2, 0) is 11.2 Å². The minimum absolute atomic E-state index is 0. The smallest absolute Gasteiger partial charge is 0.0462 e. The number of allylic oxidation sites excluding steroid dienone is 3. The minimum Gasteiger partial charge on any atom is -0.385 e. The van der Waals surface area contributed by atoms with Gasteiger partial charge in [-0.25, -0.2) is 0 Å². The highest BCUT2D eigenvalue weighted by Gasteiger charge is 2.33. The lowest BCUT2D eigenvalue weighted by atomic mass is 9.69. The second-order valence-corrected chi connectivity index (χ2v) is 9.58. The molecule has 4 atom stereocenters. The molecular weight excluding hydrogens is 390 g/mol. The lowest BCUT2D eigenvalue weighted by Crippen LogP contribution is -2.37. The minimum atomic E-state index is 0. The van der Waals surface area contributed by atoms with Gasteiger partial charge in [-0.3, -0.25) is 0 Å². The summed E-state index contributed by atoms with van der Waals surface area (Å²) in [6, 6.07) is 20.2. The molecule has 2 nitrogen and oxygen atoms in total. The molecule has 1 heterocycles. The summed E-state index contributed by atoms with van der Waals surface area (Å²) in [5, 5.41) is 3.67. The maximum atomic E-state index is 5.25. The number of rotatable bonds is 8. The van der Waals surface area contributed by atoms with E-state index in [2.05, 4.69) is 85.9 Å². The van der Waals surface area contributed by atoms with Crippen LogP contribution < -0.4 is 5.32 Å². The third-order valence-electron chi connectivity index (χ3n) is 7.73. The van der Waals surface area contributed by atoms with E-state index in [0.717, 1.165) is 32.5 Å². The van der Waals surface area contributed by atoms with E-state index in [9.17, 15) is 0 Å². The van der Waals surface area contributed by atoms with Gasteiger partial charge in [0.05, 0.1) is 0 Å². The molecule has 2 aliphatic rings. The maximum absolute atomic E-state index is 5.25. The third kappa shape index (κ3) is 5.08. The predicted octanol–water partition coefficient (Wildman–Crippen LogP) is 6.90. The largest absolute Gasteiger partial charge is 0.385 e. The van der Waals surface area contributed by atoms with Crippen molar-refractivity contribution in [3.8, 4) is 0 Å². The van der Waals surface area contributed by atoms with Crippen LogP contribution in [0.5, 0.6) is 0 Å². The van der Waals surface area contributed by atoms with Gasteiger partial charge in [0.25, 0.3) is 0 Å². The van der Waals surface area contributed by atoms with Crippen LogP contribution in [0.4, 0.5) is 0 Å². The summed E-state index contributed by atoms with van der Waals surface area (Å²) in [6.07, 6.45) is 9.62. The maximum Gasteiger partial charge on any atom is 0.0462 e. The number of methoxy groups -OCH3 is 1. The van der Waals surface area contributed by atoms with Crippen LogP contribution in [0.1, 0.15) is 63.1 Å². The molecule has 2 unspecified atom stereocenters.